The number of hydrogen-bond acceptors (Lipinski definition) is 7. The minimum Gasteiger partial charge on any atom is -0.507 e. The third-order valence-corrected chi connectivity index (χ3v) is 6.43. The van der Waals surface area contributed by atoms with Crippen molar-refractivity contribution in [3.05, 3.63) is 65.2 Å². The number of amides is 1. The zero-order chi connectivity index (χ0) is 25.7. The van der Waals surface area contributed by atoms with Crippen molar-refractivity contribution in [3.63, 3.8) is 0 Å². The van der Waals surface area contributed by atoms with Crippen LogP contribution in [0.15, 0.2) is 54.1 Å². The van der Waals surface area contributed by atoms with Crippen molar-refractivity contribution in [2.24, 2.45) is 0 Å². The average molecular weight is 495 g/mol. The van der Waals surface area contributed by atoms with Crippen molar-refractivity contribution in [3.8, 4) is 11.5 Å². The summed E-state index contributed by atoms with van der Waals surface area (Å²) in [6, 6.07) is 13.4. The predicted octanol–water partition coefficient (Wildman–Crippen LogP) is 3.63. The number of benzene rings is 2. The molecule has 8 heteroatoms. The van der Waals surface area contributed by atoms with Gasteiger partial charge < -0.3 is 24.2 Å². The first-order valence-corrected chi connectivity index (χ1v) is 12.4. The molecule has 2 aliphatic rings. The van der Waals surface area contributed by atoms with Crippen LogP contribution in [0.3, 0.4) is 0 Å². The van der Waals surface area contributed by atoms with Crippen LogP contribution in [0.2, 0.25) is 0 Å². The number of carbonyl (C=O) groups is 2. The van der Waals surface area contributed by atoms with Gasteiger partial charge in [-0.1, -0.05) is 12.1 Å². The molecule has 192 valence electrons. The van der Waals surface area contributed by atoms with Gasteiger partial charge in [-0.25, -0.2) is 0 Å². The van der Waals surface area contributed by atoms with Gasteiger partial charge in [0.1, 0.15) is 17.3 Å². The molecule has 36 heavy (non-hydrogen) atoms. The zero-order valence-corrected chi connectivity index (χ0v) is 21.1. The Bertz CT molecular complexity index is 1110. The lowest BCUT2D eigenvalue weighted by Crippen LogP contribution is -2.38. The lowest BCUT2D eigenvalue weighted by atomic mass is 9.95. The molecule has 2 aromatic carbocycles. The minimum absolute atomic E-state index is 0.0142. The summed E-state index contributed by atoms with van der Waals surface area (Å²) >= 11 is 0. The Balaban J connectivity index is 1.66. The minimum atomic E-state index is -0.712. The SMILES string of the molecule is COc1cccc([C@H]2/C(=C(\O)c3ccc(OC(C)C)cc3)C(=O)C(=O)N2CCCN2CCOCC2)c1. The van der Waals surface area contributed by atoms with Gasteiger partial charge in [0.25, 0.3) is 11.7 Å². The van der Waals surface area contributed by atoms with Gasteiger partial charge in [-0.2, -0.15) is 0 Å². The van der Waals surface area contributed by atoms with Gasteiger partial charge >= 0.3 is 0 Å². The molecule has 4 rings (SSSR count). The molecule has 1 amide bonds. The molecule has 0 unspecified atom stereocenters. The Morgan fingerprint density at radius 1 is 1.06 bits per heavy atom. The number of morpholine rings is 1. The molecule has 2 aliphatic heterocycles. The normalized spacial score (nSPS) is 20.2. The molecule has 0 saturated carbocycles. The standard InChI is InChI=1S/C28H34N2O6/c1-19(2)36-22-10-8-20(9-11-22)26(31)24-25(21-6-4-7-23(18-21)34-3)30(28(33)27(24)32)13-5-12-29-14-16-35-17-15-29/h4,6-11,18-19,25,31H,5,12-17H2,1-3H3/b26-24+/t25-/m0/s1. The zero-order valence-electron chi connectivity index (χ0n) is 21.1. The summed E-state index contributed by atoms with van der Waals surface area (Å²) in [6.45, 7) is 8.18. The first-order chi connectivity index (χ1) is 17.4. The molecule has 1 atom stereocenters. The smallest absolute Gasteiger partial charge is 0.295 e. The summed E-state index contributed by atoms with van der Waals surface area (Å²) in [5, 5.41) is 11.3. The van der Waals surface area contributed by atoms with E-state index >= 15 is 0 Å². The van der Waals surface area contributed by atoms with Crippen molar-refractivity contribution in [1.29, 1.82) is 0 Å². The quantitative estimate of drug-likeness (QED) is 0.324. The topological polar surface area (TPSA) is 88.5 Å². The van der Waals surface area contributed by atoms with Crippen LogP contribution in [0, 0.1) is 0 Å². The third kappa shape index (κ3) is 5.71. The Hall–Kier alpha value is -3.36. The molecule has 2 aromatic rings. The number of aliphatic hydroxyl groups excluding tert-OH is 1. The maximum absolute atomic E-state index is 13.3. The van der Waals surface area contributed by atoms with Crippen LogP contribution >= 0.6 is 0 Å². The molecule has 8 nitrogen and oxygen atoms in total. The van der Waals surface area contributed by atoms with E-state index in [0.717, 1.165) is 19.6 Å². The van der Waals surface area contributed by atoms with Gasteiger partial charge in [-0.15, -0.1) is 0 Å². The van der Waals surface area contributed by atoms with Gasteiger partial charge in [-0.05, 0) is 62.2 Å². The lowest BCUT2D eigenvalue weighted by Gasteiger charge is -2.29. The van der Waals surface area contributed by atoms with E-state index in [1.165, 1.54) is 0 Å². The van der Waals surface area contributed by atoms with Crippen LogP contribution in [0.4, 0.5) is 0 Å². The fourth-order valence-corrected chi connectivity index (χ4v) is 4.68. The van der Waals surface area contributed by atoms with E-state index in [9.17, 15) is 14.7 Å². The van der Waals surface area contributed by atoms with Crippen LogP contribution in [-0.2, 0) is 14.3 Å². The Kier molecular flexibility index (Phi) is 8.28. The van der Waals surface area contributed by atoms with Gasteiger partial charge in [0.15, 0.2) is 0 Å². The highest BCUT2D eigenvalue weighted by molar-refractivity contribution is 6.46. The van der Waals surface area contributed by atoms with E-state index in [0.29, 0.717) is 48.8 Å². The van der Waals surface area contributed by atoms with Crippen molar-refractivity contribution in [1.82, 2.24) is 9.80 Å². The second kappa shape index (κ2) is 11.6. The summed E-state index contributed by atoms with van der Waals surface area (Å²) < 4.78 is 16.5. The first-order valence-electron chi connectivity index (χ1n) is 12.4. The highest BCUT2D eigenvalue weighted by Gasteiger charge is 2.46. The molecule has 1 N–H and O–H groups in total. The fraction of sp³-hybridized carbons (Fsp3) is 0.429. The lowest BCUT2D eigenvalue weighted by molar-refractivity contribution is -0.140. The molecule has 2 heterocycles. The summed E-state index contributed by atoms with van der Waals surface area (Å²) in [5.74, 6) is -0.218. The van der Waals surface area contributed by atoms with Crippen LogP contribution in [0.5, 0.6) is 11.5 Å². The summed E-state index contributed by atoms with van der Waals surface area (Å²) in [7, 11) is 1.57. The summed E-state index contributed by atoms with van der Waals surface area (Å²) in [4.78, 5) is 30.3. The Labute approximate surface area is 212 Å². The molecule has 0 bridgehead atoms. The Morgan fingerprint density at radius 3 is 2.44 bits per heavy atom. The summed E-state index contributed by atoms with van der Waals surface area (Å²) in [6.07, 6.45) is 0.717. The number of ether oxygens (including phenoxy) is 3. The maximum atomic E-state index is 13.3. The highest BCUT2D eigenvalue weighted by Crippen LogP contribution is 2.40. The molecular formula is C28H34N2O6. The molecular weight excluding hydrogens is 460 g/mol. The van der Waals surface area contributed by atoms with E-state index in [4.69, 9.17) is 14.2 Å². The second-order valence-corrected chi connectivity index (χ2v) is 9.27. The van der Waals surface area contributed by atoms with E-state index in [-0.39, 0.29) is 17.4 Å². The number of carbonyl (C=O) groups excluding carboxylic acids is 2. The van der Waals surface area contributed by atoms with Crippen molar-refractivity contribution in [2.45, 2.75) is 32.4 Å². The van der Waals surface area contributed by atoms with Gasteiger partial charge in [0.2, 0.25) is 0 Å². The highest BCUT2D eigenvalue weighted by atomic mass is 16.5. The van der Waals surface area contributed by atoms with E-state index in [1.807, 2.05) is 32.0 Å². The number of ketones is 1. The molecule has 2 saturated heterocycles. The maximum Gasteiger partial charge on any atom is 0.295 e. The average Bonchev–Trinajstić information content (AvgIpc) is 3.14. The largest absolute Gasteiger partial charge is 0.507 e. The van der Waals surface area contributed by atoms with Gasteiger partial charge in [0, 0.05) is 31.7 Å². The number of rotatable bonds is 9. The number of aliphatic hydroxyl groups is 1. The molecule has 0 radical (unpaired) electrons. The summed E-state index contributed by atoms with van der Waals surface area (Å²) in [5.41, 5.74) is 1.24. The van der Waals surface area contributed by atoms with Crippen LogP contribution in [0.25, 0.3) is 5.76 Å². The van der Waals surface area contributed by atoms with Crippen molar-refractivity contribution in [2.75, 3.05) is 46.5 Å². The monoisotopic (exact) mass is 494 g/mol. The molecule has 0 spiro atoms. The molecule has 0 aromatic heterocycles. The van der Waals surface area contributed by atoms with E-state index < -0.39 is 17.7 Å². The molecule has 0 aliphatic carbocycles. The Morgan fingerprint density at radius 2 is 1.78 bits per heavy atom. The van der Waals surface area contributed by atoms with Crippen LogP contribution < -0.4 is 9.47 Å². The van der Waals surface area contributed by atoms with E-state index in [2.05, 4.69) is 4.90 Å². The second-order valence-electron chi connectivity index (χ2n) is 9.27. The number of likely N-dealkylation sites (tertiary alicyclic amines) is 1. The number of Topliss-reactive ketones (excluding diaryl/α,β-unsaturated/α-hetero) is 1. The van der Waals surface area contributed by atoms with Crippen LogP contribution in [0.1, 0.15) is 37.4 Å². The van der Waals surface area contributed by atoms with Gasteiger partial charge in [-0.3, -0.25) is 14.5 Å². The van der Waals surface area contributed by atoms with Gasteiger partial charge in [0.05, 0.1) is 38.0 Å². The number of hydrogen-bond donors (Lipinski definition) is 1. The van der Waals surface area contributed by atoms with Crippen LogP contribution in [-0.4, -0.2) is 79.2 Å². The molecule has 2 fully saturated rings. The fourth-order valence-electron chi connectivity index (χ4n) is 4.68. The van der Waals surface area contributed by atoms with Crippen molar-refractivity contribution < 1.29 is 28.9 Å². The van der Waals surface area contributed by atoms with E-state index in [1.54, 1.807) is 42.3 Å². The van der Waals surface area contributed by atoms with Crippen molar-refractivity contribution >= 4 is 17.4 Å². The third-order valence-electron chi connectivity index (χ3n) is 6.43. The number of methoxy groups -OCH3 is 1. The first kappa shape index (κ1) is 25.7. The predicted molar refractivity (Wildman–Crippen MR) is 136 cm³/mol. The number of nitrogens with zero attached hydrogens (tertiary/aromatic N) is 2.